The number of nitrogens with zero attached hydrogens (tertiary/aromatic N) is 2. The van der Waals surface area contributed by atoms with Gasteiger partial charge in [0.05, 0.1) is 23.1 Å². The van der Waals surface area contributed by atoms with Crippen LogP contribution in [0.5, 0.6) is 0 Å². The fourth-order valence-corrected chi connectivity index (χ4v) is 4.59. The van der Waals surface area contributed by atoms with E-state index in [1.165, 1.54) is 6.07 Å². The predicted molar refractivity (Wildman–Crippen MR) is 120 cm³/mol. The van der Waals surface area contributed by atoms with Gasteiger partial charge in [0, 0.05) is 42.4 Å². The molecular weight excluding hydrogens is 382 g/mol. The summed E-state index contributed by atoms with van der Waals surface area (Å²) in [4.78, 5) is 5.53. The summed E-state index contributed by atoms with van der Waals surface area (Å²) < 4.78 is 28.1. The molecule has 1 aromatic heterocycles. The van der Waals surface area contributed by atoms with Gasteiger partial charge in [-0.15, -0.1) is 0 Å². The van der Waals surface area contributed by atoms with Crippen LogP contribution in [0.4, 0.5) is 8.78 Å². The van der Waals surface area contributed by atoms with E-state index in [1.807, 2.05) is 6.07 Å². The minimum Gasteiger partial charge on any atom is -0.370 e. The minimum absolute atomic E-state index is 0.0376. The van der Waals surface area contributed by atoms with Crippen LogP contribution in [-0.4, -0.2) is 34.7 Å². The Morgan fingerprint density at radius 2 is 2.13 bits per heavy atom. The lowest BCUT2D eigenvalue weighted by atomic mass is 9.85. The number of aromatic nitrogens is 1. The quantitative estimate of drug-likeness (QED) is 0.617. The molecule has 0 saturated carbocycles. The van der Waals surface area contributed by atoms with Crippen molar-refractivity contribution in [3.63, 3.8) is 0 Å². The summed E-state index contributed by atoms with van der Waals surface area (Å²) in [6.45, 7) is 13.3. The maximum Gasteiger partial charge on any atom is 0.271 e. The Balaban J connectivity index is 1.54. The molecule has 2 atom stereocenters. The van der Waals surface area contributed by atoms with Gasteiger partial charge in [0.1, 0.15) is 0 Å². The lowest BCUT2D eigenvalue weighted by molar-refractivity contribution is 0.0191. The molecule has 2 aliphatic heterocycles. The zero-order chi connectivity index (χ0) is 21.5. The van der Waals surface area contributed by atoms with E-state index >= 15 is 0 Å². The molecule has 4 rings (SSSR count). The van der Waals surface area contributed by atoms with Crippen LogP contribution >= 0.6 is 0 Å². The summed E-state index contributed by atoms with van der Waals surface area (Å²) in [6, 6.07) is 7.12. The maximum atomic E-state index is 14.0. The van der Waals surface area contributed by atoms with Crippen molar-refractivity contribution in [1.82, 2.24) is 15.3 Å². The first kappa shape index (κ1) is 20.6. The summed E-state index contributed by atoms with van der Waals surface area (Å²) in [5.74, 6) is -2.61. The molecule has 0 bridgehead atoms. The monoisotopic (exact) mass is 412 g/mol. The molecule has 0 amide bonds. The second-order valence-corrected chi connectivity index (χ2v) is 8.57. The van der Waals surface area contributed by atoms with Gasteiger partial charge in [-0.2, -0.15) is 5.10 Å². The molecule has 1 aromatic carbocycles. The first-order valence-electron chi connectivity index (χ1n) is 10.7. The summed E-state index contributed by atoms with van der Waals surface area (Å²) in [5, 5.41) is 5.14. The van der Waals surface area contributed by atoms with Crippen LogP contribution in [0.25, 0.3) is 16.6 Å². The molecule has 3 heterocycles. The number of aromatic amines is 1. The lowest BCUT2D eigenvalue weighted by Gasteiger charge is -2.37. The fourth-order valence-electron chi connectivity index (χ4n) is 4.59. The van der Waals surface area contributed by atoms with Crippen LogP contribution in [0.15, 0.2) is 48.1 Å². The van der Waals surface area contributed by atoms with Crippen molar-refractivity contribution in [2.24, 2.45) is 11.0 Å². The highest BCUT2D eigenvalue weighted by Crippen LogP contribution is 2.36. The number of fused-ring (bicyclic) bond motifs is 2. The average Bonchev–Trinajstić information content (AvgIpc) is 3.34. The Kier molecular flexibility index (Phi) is 5.43. The van der Waals surface area contributed by atoms with Crippen LogP contribution in [0.1, 0.15) is 50.8 Å². The highest BCUT2D eigenvalue weighted by Gasteiger charge is 2.38. The van der Waals surface area contributed by atoms with E-state index in [9.17, 15) is 8.78 Å². The number of hydrazone groups is 1. The predicted octanol–water partition coefficient (Wildman–Crippen LogP) is 5.65. The second-order valence-electron chi connectivity index (χ2n) is 8.57. The highest BCUT2D eigenvalue weighted by molar-refractivity contribution is 6.03. The summed E-state index contributed by atoms with van der Waals surface area (Å²) >= 11 is 0. The number of hydrogen-bond donors (Lipinski definition) is 2. The van der Waals surface area contributed by atoms with Crippen molar-refractivity contribution in [2.45, 2.75) is 51.5 Å². The maximum absolute atomic E-state index is 14.0. The standard InChI is InChI=1S/C24H30F2N4/c1-5-6-8-15(2)23-18-14-30(12-11-21(18)28-29-23)16(3)22-13-17-19(24(4,25)26)9-7-10-20(17)27-22/h7,9-10,13,18,21,27-28H,2-3,5-6,8,11-12,14H2,1,4H3. The number of piperidine rings is 1. The van der Waals surface area contributed by atoms with Crippen LogP contribution in [0, 0.1) is 5.92 Å². The van der Waals surface area contributed by atoms with E-state index < -0.39 is 5.92 Å². The van der Waals surface area contributed by atoms with Crippen LogP contribution in [0.2, 0.25) is 0 Å². The largest absolute Gasteiger partial charge is 0.370 e. The number of nitrogens with one attached hydrogen (secondary N) is 2. The molecule has 1 fully saturated rings. The molecule has 2 N–H and O–H groups in total. The molecular formula is C24H30F2N4. The fraction of sp³-hybridized carbons (Fsp3) is 0.458. The third kappa shape index (κ3) is 3.75. The summed E-state index contributed by atoms with van der Waals surface area (Å²) in [5.41, 5.74) is 7.85. The van der Waals surface area contributed by atoms with Crippen LogP contribution in [0.3, 0.4) is 0 Å². The van der Waals surface area contributed by atoms with Gasteiger partial charge >= 0.3 is 0 Å². The normalized spacial score (nSPS) is 21.3. The molecule has 4 nitrogen and oxygen atoms in total. The van der Waals surface area contributed by atoms with Gasteiger partial charge in [-0.05, 0) is 37.0 Å². The van der Waals surface area contributed by atoms with E-state index in [4.69, 9.17) is 0 Å². The molecule has 6 heteroatoms. The van der Waals surface area contributed by atoms with Gasteiger partial charge in [-0.1, -0.05) is 38.6 Å². The van der Waals surface area contributed by atoms with Gasteiger partial charge < -0.3 is 15.3 Å². The van der Waals surface area contributed by atoms with Gasteiger partial charge in [-0.3, -0.25) is 0 Å². The number of halogens is 2. The number of alkyl halides is 2. The number of rotatable bonds is 7. The Morgan fingerprint density at radius 3 is 2.87 bits per heavy atom. The SMILES string of the molecule is C=C(CCCC)C1=NNC2CCN(C(=C)c3cc4c(C(C)(F)F)cccc4[nH]3)CC12. The smallest absolute Gasteiger partial charge is 0.271 e. The molecule has 160 valence electrons. The molecule has 0 aliphatic carbocycles. The van der Waals surface area contributed by atoms with Crippen molar-refractivity contribution in [2.75, 3.05) is 13.1 Å². The van der Waals surface area contributed by atoms with E-state index in [0.717, 1.165) is 68.4 Å². The van der Waals surface area contributed by atoms with Crippen LogP contribution < -0.4 is 5.43 Å². The Hall–Kier alpha value is -2.63. The number of allylic oxidation sites excluding steroid dienone is 1. The van der Waals surface area contributed by atoms with E-state index in [2.05, 4.69) is 40.5 Å². The topological polar surface area (TPSA) is 43.4 Å². The lowest BCUT2D eigenvalue weighted by Crippen LogP contribution is -2.46. The summed E-state index contributed by atoms with van der Waals surface area (Å²) in [7, 11) is 0. The van der Waals surface area contributed by atoms with E-state index in [0.29, 0.717) is 16.9 Å². The molecule has 0 spiro atoms. The first-order valence-corrected chi connectivity index (χ1v) is 10.7. The van der Waals surface area contributed by atoms with Crippen molar-refractivity contribution < 1.29 is 8.78 Å². The second kappa shape index (κ2) is 7.89. The first-order chi connectivity index (χ1) is 14.3. The van der Waals surface area contributed by atoms with Gasteiger partial charge in [-0.25, -0.2) is 8.78 Å². The molecule has 30 heavy (non-hydrogen) atoms. The number of benzene rings is 1. The summed E-state index contributed by atoms with van der Waals surface area (Å²) in [6.07, 6.45) is 4.18. The molecule has 2 aromatic rings. The van der Waals surface area contributed by atoms with E-state index in [-0.39, 0.29) is 11.5 Å². The van der Waals surface area contributed by atoms with Gasteiger partial charge in [0.15, 0.2) is 0 Å². The van der Waals surface area contributed by atoms with Crippen molar-refractivity contribution in [3.05, 3.63) is 54.3 Å². The average molecular weight is 413 g/mol. The number of unbranched alkanes of at least 4 members (excludes halogenated alkanes) is 1. The Morgan fingerprint density at radius 1 is 1.33 bits per heavy atom. The van der Waals surface area contributed by atoms with Gasteiger partial charge in [0.2, 0.25) is 0 Å². The number of likely N-dealkylation sites (tertiary alicyclic amines) is 1. The molecule has 1 saturated heterocycles. The molecule has 0 radical (unpaired) electrons. The highest BCUT2D eigenvalue weighted by atomic mass is 19.3. The molecule has 2 unspecified atom stereocenters. The van der Waals surface area contributed by atoms with Gasteiger partial charge in [0.25, 0.3) is 5.92 Å². The zero-order valence-corrected chi connectivity index (χ0v) is 17.8. The van der Waals surface area contributed by atoms with Crippen molar-refractivity contribution in [1.29, 1.82) is 0 Å². The Bertz CT molecular complexity index is 998. The van der Waals surface area contributed by atoms with Crippen molar-refractivity contribution in [3.8, 4) is 0 Å². The molecule has 2 aliphatic rings. The Labute approximate surface area is 176 Å². The third-order valence-electron chi connectivity index (χ3n) is 6.34. The number of hydrogen-bond acceptors (Lipinski definition) is 3. The van der Waals surface area contributed by atoms with Crippen LogP contribution in [-0.2, 0) is 5.92 Å². The number of H-pyrrole nitrogens is 1. The minimum atomic E-state index is -2.89. The van der Waals surface area contributed by atoms with Crippen molar-refractivity contribution >= 4 is 22.3 Å². The van der Waals surface area contributed by atoms with E-state index in [1.54, 1.807) is 12.1 Å². The zero-order valence-electron chi connectivity index (χ0n) is 17.8. The third-order valence-corrected chi connectivity index (χ3v) is 6.34.